The van der Waals surface area contributed by atoms with E-state index in [9.17, 15) is 42.3 Å². The van der Waals surface area contributed by atoms with Gasteiger partial charge in [-0.15, -0.1) is 0 Å². The minimum absolute atomic E-state index is 0. The van der Waals surface area contributed by atoms with Crippen molar-refractivity contribution < 1.29 is 42.3 Å². The summed E-state index contributed by atoms with van der Waals surface area (Å²) in [7, 11) is 0. The number of hydrogen-bond acceptors (Lipinski definition) is 0. The molecule has 0 amide bonds. The predicted molar refractivity (Wildman–Crippen MR) is 42.1 cm³/mol. The molecule has 0 N–H and O–H groups in total. The molecule has 0 aromatic rings. The second kappa shape index (κ2) is 5.38. The van der Waals surface area contributed by atoms with Crippen molar-refractivity contribution in [2.75, 3.05) is 0 Å². The van der Waals surface area contributed by atoms with Crippen LogP contribution in [0.4, 0.5) is 42.3 Å². The standard InChI is InChI=1S/2Al.12FH.3Mg/h;;12*1H;;;/q2*+3;;;;;;;;;;;;;3*+2/p-12. The number of hydrogen-bond donors (Lipinski definition) is 0. The molecular formula is Al2F12Mg3. The van der Waals surface area contributed by atoms with Crippen LogP contribution in [0.3, 0.4) is 0 Å². The Morgan fingerprint density at radius 1 is 0.294 bits per heavy atom. The van der Waals surface area contributed by atoms with Crippen molar-refractivity contribution in [3.05, 3.63) is 0 Å². The second-order valence-electron chi connectivity index (χ2n) is 2.47. The van der Waals surface area contributed by atoms with Crippen molar-refractivity contribution in [1.82, 2.24) is 0 Å². The number of rotatable bonds is 0. The maximum absolute atomic E-state index is 11.0. The molecule has 0 unspecified atom stereocenters. The molecule has 0 aliphatic carbocycles. The fourth-order valence-corrected chi connectivity index (χ4v) is 0. The molecule has 96 valence electrons. The van der Waals surface area contributed by atoms with Gasteiger partial charge >= 0.3 is 139 Å². The van der Waals surface area contributed by atoms with E-state index in [0.29, 0.717) is 0 Å². The Morgan fingerprint density at radius 2 is 0.294 bits per heavy atom. The van der Waals surface area contributed by atoms with Crippen LogP contribution in [-0.2, 0) is 0 Å². The molecule has 0 rings (SSSR count). The van der Waals surface area contributed by atoms with Gasteiger partial charge in [0.1, 0.15) is 0 Å². The summed E-state index contributed by atoms with van der Waals surface area (Å²) in [6.07, 6.45) is 0. The zero-order valence-electron chi connectivity index (χ0n) is 7.81. The number of halogens is 12. The summed E-state index contributed by atoms with van der Waals surface area (Å²) in [5, 5.41) is 0. The van der Waals surface area contributed by atoms with Crippen LogP contribution in [0.5, 0.6) is 0 Å². The van der Waals surface area contributed by atoms with Crippen LogP contribution in [0.1, 0.15) is 0 Å². The Balaban J connectivity index is -0.0000000480. The van der Waals surface area contributed by atoms with Crippen LogP contribution in [0.25, 0.3) is 0 Å². The fourth-order valence-electron chi connectivity index (χ4n) is 0. The Kier molecular flexibility index (Phi) is 10.0. The molecule has 0 aromatic heterocycles. The maximum Gasteiger partial charge on any atom is 2.00 e. The molecule has 17 heteroatoms. The summed E-state index contributed by atoms with van der Waals surface area (Å²) in [5.74, 6) is 0. The van der Waals surface area contributed by atoms with Crippen molar-refractivity contribution >= 4 is 96.5 Å². The molecule has 0 aromatic carbocycles. The van der Waals surface area contributed by atoms with E-state index >= 15 is 0 Å². The maximum atomic E-state index is 9.90. The molecule has 0 aliphatic heterocycles. The summed E-state index contributed by atoms with van der Waals surface area (Å²) in [4.78, 5) is 0. The molecule has 0 fully saturated rings. The van der Waals surface area contributed by atoms with E-state index in [1.54, 1.807) is 0 Å². The first-order valence-corrected chi connectivity index (χ1v) is 7.86. The zero-order valence-corrected chi connectivity index (χ0v) is 14.4. The van der Waals surface area contributed by atoms with Gasteiger partial charge in [-0.1, -0.05) is 0 Å². The Hall–Kier alpha value is 2.52. The molecule has 0 saturated heterocycles. The summed E-state index contributed by atoms with van der Waals surface area (Å²) < 4.78 is 119. The molecule has 0 saturated carbocycles. The predicted octanol–water partition coefficient (Wildman–Crippen LogP) is 3.14. The summed E-state index contributed by atoms with van der Waals surface area (Å²) >= 11 is -22.1. The van der Waals surface area contributed by atoms with Crippen LogP contribution in [0, 0.1) is 0 Å². The summed E-state index contributed by atoms with van der Waals surface area (Å²) in [6, 6.07) is 0. The third-order valence-corrected chi connectivity index (χ3v) is 0. The Labute approximate surface area is 137 Å². The third kappa shape index (κ3) is 794. The molecule has 0 heterocycles. The largest absolute Gasteiger partial charge is 2.00 e. The van der Waals surface area contributed by atoms with Crippen LogP contribution in [0.15, 0.2) is 0 Å². The van der Waals surface area contributed by atoms with Crippen molar-refractivity contribution in [1.29, 1.82) is 0 Å². The van der Waals surface area contributed by atoms with Gasteiger partial charge in [0.15, 0.2) is 0 Å². The molecule has 0 bridgehead atoms. The van der Waals surface area contributed by atoms with Gasteiger partial charge in [-0.3, -0.25) is 0 Å². The van der Waals surface area contributed by atoms with Crippen molar-refractivity contribution in [3.63, 3.8) is 0 Å². The molecule has 0 radical (unpaired) electrons. The van der Waals surface area contributed by atoms with Gasteiger partial charge in [0.05, 0.1) is 0 Å². The van der Waals surface area contributed by atoms with Crippen molar-refractivity contribution in [2.45, 2.75) is 0 Å². The smallest absolute Gasteiger partial charge is 2.00 e. The Bertz CT molecular complexity index is 167. The van der Waals surface area contributed by atoms with Crippen LogP contribution >= 0.6 is 0 Å². The van der Waals surface area contributed by atoms with E-state index < -0.39 is 27.4 Å². The van der Waals surface area contributed by atoms with Gasteiger partial charge in [0.2, 0.25) is 0 Å². The van der Waals surface area contributed by atoms with E-state index in [0.717, 1.165) is 0 Å². The van der Waals surface area contributed by atoms with E-state index in [1.807, 2.05) is 0 Å². The minimum atomic E-state index is -11.0. The molecule has 0 aliphatic rings. The summed E-state index contributed by atoms with van der Waals surface area (Å²) in [6.45, 7) is 0. The third-order valence-electron chi connectivity index (χ3n) is 0. The first kappa shape index (κ1) is 31.8. The van der Waals surface area contributed by atoms with Gasteiger partial charge in [0.25, 0.3) is 0 Å². The SMILES string of the molecule is [F][Al-3]([F])([F])([F])([F])[F].[F][Al-3]([F])([F])([F])([F])[F].[Mg+2].[Mg+2].[Mg+2]. The van der Waals surface area contributed by atoms with Gasteiger partial charge < -0.3 is 0 Å². The molecule has 0 atom stereocenters. The molecular weight excluding hydrogens is 355 g/mol. The van der Waals surface area contributed by atoms with Crippen molar-refractivity contribution in [3.8, 4) is 0 Å². The minimum Gasteiger partial charge on any atom is 2.00 e. The first-order valence-electron chi connectivity index (χ1n) is 2.62. The quantitative estimate of drug-likeness (QED) is 0.463. The monoisotopic (exact) mass is 354 g/mol. The molecule has 17 heavy (non-hydrogen) atoms. The molecule has 0 nitrogen and oxygen atoms in total. The second-order valence-corrected chi connectivity index (χ2v) is 7.42. The summed E-state index contributed by atoms with van der Waals surface area (Å²) in [5.41, 5.74) is 0. The van der Waals surface area contributed by atoms with E-state index in [1.165, 1.54) is 0 Å². The van der Waals surface area contributed by atoms with Gasteiger partial charge in [-0.05, 0) is 0 Å². The van der Waals surface area contributed by atoms with Crippen LogP contribution in [-0.4, -0.2) is 96.5 Å². The average Bonchev–Trinajstić information content (AvgIpc) is 0.938. The Morgan fingerprint density at radius 3 is 0.294 bits per heavy atom. The van der Waals surface area contributed by atoms with Crippen LogP contribution in [0.2, 0.25) is 0 Å². The van der Waals surface area contributed by atoms with Gasteiger partial charge in [-0.25, -0.2) is 0 Å². The van der Waals surface area contributed by atoms with E-state index in [2.05, 4.69) is 0 Å². The average molecular weight is 355 g/mol. The zero-order chi connectivity index (χ0) is 12.8. The normalized spacial score (nSPS) is 19.1. The van der Waals surface area contributed by atoms with Crippen molar-refractivity contribution in [2.24, 2.45) is 0 Å². The van der Waals surface area contributed by atoms with Gasteiger partial charge in [0, 0.05) is 0 Å². The molecule has 0 spiro atoms. The first-order chi connectivity index (χ1) is 4.90. The van der Waals surface area contributed by atoms with Crippen LogP contribution < -0.4 is 0 Å². The topological polar surface area (TPSA) is 0 Å². The van der Waals surface area contributed by atoms with Gasteiger partial charge in [-0.2, -0.15) is 0 Å². The fraction of sp³-hybridized carbons (Fsp3) is 0. The van der Waals surface area contributed by atoms with E-state index in [4.69, 9.17) is 0 Å². The van der Waals surface area contributed by atoms with E-state index in [-0.39, 0.29) is 69.2 Å².